The smallest absolute Gasteiger partial charge is 0.329 e. The van der Waals surface area contributed by atoms with Gasteiger partial charge in [-0.2, -0.15) is 0 Å². The van der Waals surface area contributed by atoms with E-state index in [1.165, 1.54) is 11.3 Å². The Balaban J connectivity index is 1.64. The van der Waals surface area contributed by atoms with Gasteiger partial charge in [0.25, 0.3) is 5.91 Å². The Hall–Kier alpha value is -2.73. The summed E-state index contributed by atoms with van der Waals surface area (Å²) in [6, 6.07) is 15.9. The second-order valence-corrected chi connectivity index (χ2v) is 7.36. The van der Waals surface area contributed by atoms with Crippen LogP contribution in [0.25, 0.3) is 10.2 Å². The molecule has 5 nitrogen and oxygen atoms in total. The minimum Gasteiger partial charge on any atom is -0.457 e. The maximum absolute atomic E-state index is 12.5. The monoisotopic (exact) mass is 368 g/mol. The summed E-state index contributed by atoms with van der Waals surface area (Å²) >= 11 is 1.49. The van der Waals surface area contributed by atoms with Gasteiger partial charge in [-0.15, -0.1) is 11.3 Å². The SMILES string of the molecule is CC(C)[C@@H](NC(=O)c1ccccc1)C(=O)OCc1nc2ccccc2s1. The number of thiazole rings is 1. The van der Waals surface area contributed by atoms with Crippen LogP contribution in [-0.4, -0.2) is 22.9 Å². The van der Waals surface area contributed by atoms with Crippen LogP contribution in [0.2, 0.25) is 0 Å². The number of carbonyl (C=O) groups is 2. The van der Waals surface area contributed by atoms with E-state index in [1.807, 2.05) is 44.2 Å². The zero-order valence-corrected chi connectivity index (χ0v) is 15.5. The Labute approximate surface area is 156 Å². The Morgan fingerprint density at radius 1 is 1.08 bits per heavy atom. The molecule has 1 N–H and O–H groups in total. The molecule has 0 aliphatic heterocycles. The quantitative estimate of drug-likeness (QED) is 0.672. The largest absolute Gasteiger partial charge is 0.457 e. The van der Waals surface area contributed by atoms with E-state index in [0.717, 1.165) is 15.2 Å². The number of carbonyl (C=O) groups excluding carboxylic acids is 2. The lowest BCUT2D eigenvalue weighted by molar-refractivity contribution is -0.148. The fourth-order valence-corrected chi connectivity index (χ4v) is 3.40. The van der Waals surface area contributed by atoms with Crippen LogP contribution in [0.15, 0.2) is 54.6 Å². The predicted molar refractivity (Wildman–Crippen MR) is 102 cm³/mol. The molecule has 3 rings (SSSR count). The third-order valence-electron chi connectivity index (χ3n) is 3.92. The van der Waals surface area contributed by atoms with E-state index in [0.29, 0.717) is 5.56 Å². The van der Waals surface area contributed by atoms with Crippen LogP contribution in [0.4, 0.5) is 0 Å². The van der Waals surface area contributed by atoms with Crippen molar-refractivity contribution in [3.05, 3.63) is 65.2 Å². The molecule has 2 aromatic carbocycles. The summed E-state index contributed by atoms with van der Waals surface area (Å²) in [4.78, 5) is 29.3. The lowest BCUT2D eigenvalue weighted by Crippen LogP contribution is -2.45. The average Bonchev–Trinajstić information content (AvgIpc) is 3.07. The molecule has 1 amide bonds. The highest BCUT2D eigenvalue weighted by Crippen LogP contribution is 2.22. The van der Waals surface area contributed by atoms with Crippen molar-refractivity contribution in [2.75, 3.05) is 0 Å². The van der Waals surface area contributed by atoms with Gasteiger partial charge in [0, 0.05) is 5.56 Å². The van der Waals surface area contributed by atoms with E-state index in [2.05, 4.69) is 10.3 Å². The van der Waals surface area contributed by atoms with Gasteiger partial charge in [0.05, 0.1) is 10.2 Å². The summed E-state index contributed by atoms with van der Waals surface area (Å²) in [6.07, 6.45) is 0. The minimum absolute atomic E-state index is 0.0921. The van der Waals surface area contributed by atoms with Crippen molar-refractivity contribution in [3.8, 4) is 0 Å². The summed E-state index contributed by atoms with van der Waals surface area (Å²) < 4.78 is 6.46. The maximum atomic E-state index is 12.5. The van der Waals surface area contributed by atoms with Crippen LogP contribution < -0.4 is 5.32 Å². The number of hydrogen-bond donors (Lipinski definition) is 1. The fourth-order valence-electron chi connectivity index (χ4n) is 2.52. The Morgan fingerprint density at radius 2 is 1.77 bits per heavy atom. The van der Waals surface area contributed by atoms with Gasteiger partial charge in [0.1, 0.15) is 17.7 Å². The van der Waals surface area contributed by atoms with Gasteiger partial charge >= 0.3 is 5.97 Å². The molecule has 134 valence electrons. The van der Waals surface area contributed by atoms with E-state index in [4.69, 9.17) is 4.74 Å². The van der Waals surface area contributed by atoms with Crippen molar-refractivity contribution in [1.82, 2.24) is 10.3 Å². The van der Waals surface area contributed by atoms with Gasteiger partial charge in [-0.05, 0) is 30.2 Å². The molecule has 26 heavy (non-hydrogen) atoms. The van der Waals surface area contributed by atoms with E-state index in [1.54, 1.807) is 24.3 Å². The van der Waals surface area contributed by atoms with Crippen LogP contribution in [0.1, 0.15) is 29.2 Å². The van der Waals surface area contributed by atoms with E-state index in [-0.39, 0.29) is 18.4 Å². The van der Waals surface area contributed by atoms with Crippen LogP contribution in [0.3, 0.4) is 0 Å². The molecule has 1 aromatic heterocycles. The van der Waals surface area contributed by atoms with Crippen LogP contribution in [0.5, 0.6) is 0 Å². The van der Waals surface area contributed by atoms with Crippen molar-refractivity contribution in [2.45, 2.75) is 26.5 Å². The minimum atomic E-state index is -0.711. The van der Waals surface area contributed by atoms with Gasteiger partial charge in [0.15, 0.2) is 0 Å². The number of nitrogens with zero attached hydrogens (tertiary/aromatic N) is 1. The number of rotatable bonds is 6. The number of hydrogen-bond acceptors (Lipinski definition) is 5. The number of aromatic nitrogens is 1. The van der Waals surface area contributed by atoms with Crippen molar-refractivity contribution in [2.24, 2.45) is 5.92 Å². The highest BCUT2D eigenvalue weighted by molar-refractivity contribution is 7.18. The number of para-hydroxylation sites is 1. The molecule has 1 heterocycles. The van der Waals surface area contributed by atoms with Crippen LogP contribution in [-0.2, 0) is 16.1 Å². The van der Waals surface area contributed by atoms with Gasteiger partial charge in [-0.3, -0.25) is 4.79 Å². The molecule has 0 aliphatic rings. The number of benzene rings is 2. The standard InChI is InChI=1S/C20H20N2O3S/c1-13(2)18(22-19(23)14-8-4-3-5-9-14)20(24)25-12-17-21-15-10-6-7-11-16(15)26-17/h3-11,13,18H,12H2,1-2H3,(H,22,23)/t18-/m1/s1. The van der Waals surface area contributed by atoms with Crippen molar-refractivity contribution in [3.63, 3.8) is 0 Å². The lowest BCUT2D eigenvalue weighted by atomic mass is 10.0. The summed E-state index contributed by atoms with van der Waals surface area (Å²) in [5.74, 6) is -0.838. The molecule has 0 aliphatic carbocycles. The molecule has 0 spiro atoms. The molecular weight excluding hydrogens is 348 g/mol. The number of nitrogens with one attached hydrogen (secondary N) is 1. The summed E-state index contributed by atoms with van der Waals surface area (Å²) in [5.41, 5.74) is 1.40. The first-order chi connectivity index (χ1) is 12.5. The normalized spacial score (nSPS) is 12.1. The van der Waals surface area contributed by atoms with Gasteiger partial charge in [-0.25, -0.2) is 9.78 Å². The van der Waals surface area contributed by atoms with Crippen LogP contribution in [0, 0.1) is 5.92 Å². The summed E-state index contributed by atoms with van der Waals surface area (Å²) in [7, 11) is 0. The van der Waals surface area contributed by atoms with Crippen LogP contribution >= 0.6 is 11.3 Å². The molecule has 0 bridgehead atoms. The topological polar surface area (TPSA) is 68.3 Å². The Kier molecular flexibility index (Phi) is 5.63. The second kappa shape index (κ2) is 8.10. The number of ether oxygens (including phenoxy) is 1. The predicted octanol–water partition coefficient (Wildman–Crippen LogP) is 3.79. The second-order valence-electron chi connectivity index (χ2n) is 6.24. The first-order valence-electron chi connectivity index (χ1n) is 8.41. The number of esters is 1. The van der Waals surface area contributed by atoms with E-state index >= 15 is 0 Å². The Bertz CT molecular complexity index is 873. The van der Waals surface area contributed by atoms with Crippen molar-refractivity contribution >= 4 is 33.4 Å². The summed E-state index contributed by atoms with van der Waals surface area (Å²) in [5, 5.41) is 3.50. The molecule has 3 aromatic rings. The van der Waals surface area contributed by atoms with E-state index < -0.39 is 12.0 Å². The molecular formula is C20H20N2O3S. The van der Waals surface area contributed by atoms with Gasteiger partial charge in [-0.1, -0.05) is 44.2 Å². The molecule has 0 saturated heterocycles. The maximum Gasteiger partial charge on any atom is 0.329 e. The molecule has 1 atom stereocenters. The Morgan fingerprint density at radius 3 is 2.46 bits per heavy atom. The molecule has 0 unspecified atom stereocenters. The third kappa shape index (κ3) is 4.26. The third-order valence-corrected chi connectivity index (χ3v) is 4.93. The first-order valence-corrected chi connectivity index (χ1v) is 9.23. The number of fused-ring (bicyclic) bond motifs is 1. The van der Waals surface area contributed by atoms with Gasteiger partial charge < -0.3 is 10.1 Å². The number of amides is 1. The first kappa shape index (κ1) is 18.1. The molecule has 0 saturated carbocycles. The average molecular weight is 368 g/mol. The zero-order valence-electron chi connectivity index (χ0n) is 14.6. The summed E-state index contributed by atoms with van der Waals surface area (Å²) in [6.45, 7) is 3.84. The lowest BCUT2D eigenvalue weighted by Gasteiger charge is -2.20. The molecule has 0 fully saturated rings. The highest BCUT2D eigenvalue weighted by Gasteiger charge is 2.26. The molecule has 6 heteroatoms. The van der Waals surface area contributed by atoms with Gasteiger partial charge in [0.2, 0.25) is 0 Å². The van der Waals surface area contributed by atoms with Crippen molar-refractivity contribution in [1.29, 1.82) is 0 Å². The highest BCUT2D eigenvalue weighted by atomic mass is 32.1. The van der Waals surface area contributed by atoms with Crippen molar-refractivity contribution < 1.29 is 14.3 Å². The van der Waals surface area contributed by atoms with E-state index in [9.17, 15) is 9.59 Å². The molecule has 0 radical (unpaired) electrons. The zero-order chi connectivity index (χ0) is 18.5. The fraction of sp³-hybridized carbons (Fsp3) is 0.250.